The van der Waals surface area contributed by atoms with Crippen LogP contribution in [0.5, 0.6) is 0 Å². The maximum atomic E-state index is 11.7. The first-order valence-corrected chi connectivity index (χ1v) is 5.48. The highest BCUT2D eigenvalue weighted by Gasteiger charge is 2.19. The molecular formula is C10H22ClN3O. The molecule has 4 N–H and O–H groups in total. The maximum absolute atomic E-state index is 11.7. The van der Waals surface area contributed by atoms with Gasteiger partial charge < -0.3 is 16.4 Å². The summed E-state index contributed by atoms with van der Waals surface area (Å²) in [5.74, 6) is 0.102. The summed E-state index contributed by atoms with van der Waals surface area (Å²) in [6.45, 7) is 3.38. The minimum Gasteiger partial charge on any atom is -0.351 e. The van der Waals surface area contributed by atoms with Crippen LogP contribution in [0.4, 0.5) is 0 Å². The zero-order valence-electron chi connectivity index (χ0n) is 9.29. The van der Waals surface area contributed by atoms with Gasteiger partial charge in [0.15, 0.2) is 0 Å². The molecule has 0 bridgehead atoms. The molecule has 1 aliphatic rings. The normalized spacial score (nSPS) is 23.5. The summed E-state index contributed by atoms with van der Waals surface area (Å²) in [4.78, 5) is 11.7. The van der Waals surface area contributed by atoms with Crippen LogP contribution in [0.3, 0.4) is 0 Å². The molecule has 0 spiro atoms. The number of halogens is 1. The van der Waals surface area contributed by atoms with E-state index in [0.29, 0.717) is 6.54 Å². The summed E-state index contributed by atoms with van der Waals surface area (Å²) < 4.78 is 0. The van der Waals surface area contributed by atoms with Crippen LogP contribution < -0.4 is 16.4 Å². The number of hydrogen-bond acceptors (Lipinski definition) is 3. The third-order valence-corrected chi connectivity index (χ3v) is 2.62. The summed E-state index contributed by atoms with van der Waals surface area (Å²) in [6.07, 6.45) is 4.49. The van der Waals surface area contributed by atoms with Crippen molar-refractivity contribution in [3.8, 4) is 0 Å². The van der Waals surface area contributed by atoms with E-state index in [9.17, 15) is 4.79 Å². The van der Waals surface area contributed by atoms with E-state index in [0.717, 1.165) is 19.4 Å². The lowest BCUT2D eigenvalue weighted by Gasteiger charge is -2.18. The average molecular weight is 236 g/mol. The molecule has 4 nitrogen and oxygen atoms in total. The van der Waals surface area contributed by atoms with Gasteiger partial charge in [0.2, 0.25) is 5.91 Å². The van der Waals surface area contributed by atoms with Crippen LogP contribution in [0.1, 0.15) is 32.6 Å². The fourth-order valence-corrected chi connectivity index (χ4v) is 1.65. The number of rotatable bonds is 3. The highest BCUT2D eigenvalue weighted by atomic mass is 35.5. The first kappa shape index (κ1) is 14.7. The first-order valence-electron chi connectivity index (χ1n) is 5.48. The topological polar surface area (TPSA) is 67.1 Å². The molecule has 1 fully saturated rings. The third kappa shape index (κ3) is 5.35. The predicted molar refractivity (Wildman–Crippen MR) is 64.2 cm³/mol. The van der Waals surface area contributed by atoms with Crippen molar-refractivity contribution in [2.75, 3.05) is 13.1 Å². The lowest BCUT2D eigenvalue weighted by molar-refractivity contribution is -0.123. The van der Waals surface area contributed by atoms with Crippen molar-refractivity contribution < 1.29 is 4.79 Å². The Bertz CT molecular complexity index is 182. The molecule has 1 rings (SSSR count). The second-order valence-corrected chi connectivity index (χ2v) is 4.00. The number of carbonyl (C=O) groups excluding carboxylic acids is 1. The largest absolute Gasteiger partial charge is 0.351 e. The fraction of sp³-hybridized carbons (Fsp3) is 0.900. The molecule has 5 heteroatoms. The molecule has 0 aromatic rings. The monoisotopic (exact) mass is 235 g/mol. The van der Waals surface area contributed by atoms with Crippen LogP contribution in [-0.4, -0.2) is 31.1 Å². The number of amides is 1. The zero-order chi connectivity index (χ0) is 10.4. The molecule has 15 heavy (non-hydrogen) atoms. The molecule has 1 amide bonds. The number of nitrogens with two attached hydrogens (primary N) is 1. The molecule has 0 aliphatic carbocycles. The van der Waals surface area contributed by atoms with Crippen LogP contribution in [0.25, 0.3) is 0 Å². The van der Waals surface area contributed by atoms with Gasteiger partial charge in [0, 0.05) is 12.6 Å². The van der Waals surface area contributed by atoms with Crippen LogP contribution in [0.15, 0.2) is 0 Å². The van der Waals surface area contributed by atoms with Gasteiger partial charge in [-0.15, -0.1) is 12.4 Å². The standard InChI is InChI=1S/C10H21N3O.ClH/c1-8(7-11)13-10(14)9-5-3-2-4-6-12-9;/h8-9,12H,2-7,11H2,1H3,(H,13,14);1H/t8-,9?;/m1./s1. The number of hydrogen-bond donors (Lipinski definition) is 3. The first-order chi connectivity index (χ1) is 6.74. The maximum Gasteiger partial charge on any atom is 0.237 e. The Kier molecular flexibility index (Phi) is 7.74. The molecule has 0 radical (unpaired) electrons. The summed E-state index contributed by atoms with van der Waals surface area (Å²) in [5.41, 5.74) is 5.45. The Balaban J connectivity index is 0.00000196. The van der Waals surface area contributed by atoms with E-state index in [1.165, 1.54) is 12.8 Å². The zero-order valence-corrected chi connectivity index (χ0v) is 10.1. The molecule has 0 saturated carbocycles. The molecule has 0 aromatic carbocycles. The number of nitrogens with one attached hydrogen (secondary N) is 2. The van der Waals surface area contributed by atoms with Crippen molar-refractivity contribution in [3.05, 3.63) is 0 Å². The van der Waals surface area contributed by atoms with Gasteiger partial charge in [-0.25, -0.2) is 0 Å². The van der Waals surface area contributed by atoms with Gasteiger partial charge in [-0.3, -0.25) is 4.79 Å². The second-order valence-electron chi connectivity index (χ2n) is 4.00. The highest BCUT2D eigenvalue weighted by molar-refractivity contribution is 5.85. The van der Waals surface area contributed by atoms with Crippen molar-refractivity contribution >= 4 is 18.3 Å². The molecule has 0 aromatic heterocycles. The van der Waals surface area contributed by atoms with Crippen molar-refractivity contribution in [2.24, 2.45) is 5.73 Å². The molecular weight excluding hydrogens is 214 g/mol. The summed E-state index contributed by atoms with van der Waals surface area (Å²) in [5, 5.41) is 6.16. The minimum absolute atomic E-state index is 0. The van der Waals surface area contributed by atoms with Gasteiger partial charge in [-0.2, -0.15) is 0 Å². The molecule has 1 unspecified atom stereocenters. The van der Waals surface area contributed by atoms with Crippen molar-refractivity contribution in [1.29, 1.82) is 0 Å². The van der Waals surface area contributed by atoms with Crippen LogP contribution in [0.2, 0.25) is 0 Å². The minimum atomic E-state index is -0.00787. The Morgan fingerprint density at radius 3 is 2.93 bits per heavy atom. The average Bonchev–Trinajstić information content (AvgIpc) is 2.45. The SMILES string of the molecule is C[C@H](CN)NC(=O)C1CCCCCN1.Cl. The van der Waals surface area contributed by atoms with E-state index in [2.05, 4.69) is 10.6 Å². The van der Waals surface area contributed by atoms with Gasteiger partial charge in [-0.1, -0.05) is 12.8 Å². The number of carbonyl (C=O) groups is 1. The fourth-order valence-electron chi connectivity index (χ4n) is 1.65. The Hall–Kier alpha value is -0.320. The molecule has 90 valence electrons. The third-order valence-electron chi connectivity index (χ3n) is 2.62. The molecule has 1 heterocycles. The second kappa shape index (κ2) is 7.91. The van der Waals surface area contributed by atoms with E-state index in [-0.39, 0.29) is 30.4 Å². The highest BCUT2D eigenvalue weighted by Crippen LogP contribution is 2.08. The summed E-state index contributed by atoms with van der Waals surface area (Å²) >= 11 is 0. The van der Waals surface area contributed by atoms with E-state index in [4.69, 9.17) is 5.73 Å². The van der Waals surface area contributed by atoms with Crippen LogP contribution >= 0.6 is 12.4 Å². The van der Waals surface area contributed by atoms with E-state index >= 15 is 0 Å². The Morgan fingerprint density at radius 2 is 2.27 bits per heavy atom. The Labute approximate surface area is 97.8 Å². The van der Waals surface area contributed by atoms with E-state index in [1.54, 1.807) is 0 Å². The van der Waals surface area contributed by atoms with Crippen molar-refractivity contribution in [1.82, 2.24) is 10.6 Å². The van der Waals surface area contributed by atoms with Crippen molar-refractivity contribution in [2.45, 2.75) is 44.7 Å². The van der Waals surface area contributed by atoms with Gasteiger partial charge in [0.05, 0.1) is 6.04 Å². The lowest BCUT2D eigenvalue weighted by Crippen LogP contribution is -2.48. The van der Waals surface area contributed by atoms with Gasteiger partial charge >= 0.3 is 0 Å². The van der Waals surface area contributed by atoms with Crippen LogP contribution in [0, 0.1) is 0 Å². The summed E-state index contributed by atoms with van der Waals surface area (Å²) in [7, 11) is 0. The molecule has 1 aliphatic heterocycles. The van der Waals surface area contributed by atoms with E-state index in [1.807, 2.05) is 6.92 Å². The predicted octanol–water partition coefficient (Wildman–Crippen LogP) is 0.404. The van der Waals surface area contributed by atoms with E-state index < -0.39 is 0 Å². The van der Waals surface area contributed by atoms with Crippen LogP contribution in [-0.2, 0) is 4.79 Å². The van der Waals surface area contributed by atoms with Gasteiger partial charge in [-0.05, 0) is 26.3 Å². The smallest absolute Gasteiger partial charge is 0.237 e. The lowest BCUT2D eigenvalue weighted by atomic mass is 10.1. The summed E-state index contributed by atoms with van der Waals surface area (Å²) in [6, 6.07) is 0.0686. The van der Waals surface area contributed by atoms with Gasteiger partial charge in [0.25, 0.3) is 0 Å². The molecule has 1 saturated heterocycles. The van der Waals surface area contributed by atoms with Gasteiger partial charge in [0.1, 0.15) is 0 Å². The van der Waals surface area contributed by atoms with Crippen molar-refractivity contribution in [3.63, 3.8) is 0 Å². The Morgan fingerprint density at radius 1 is 1.53 bits per heavy atom. The quantitative estimate of drug-likeness (QED) is 0.664. The molecule has 2 atom stereocenters.